The first-order chi connectivity index (χ1) is 19.9. The van der Waals surface area contributed by atoms with Gasteiger partial charge in [-0.15, -0.1) is 0 Å². The summed E-state index contributed by atoms with van der Waals surface area (Å²) in [6.45, 7) is 7.95. The Morgan fingerprint density at radius 1 is 0.833 bits per heavy atom. The SMILES string of the molecule is COc1ccc(-c2cc(C(=O)N3CCN(S(=O)(=O)c4c(C)cc(C)cc4C)CC3)c(C)n2-c2ccc(F)cc2F)cc1. The zero-order chi connectivity index (χ0) is 30.3. The number of benzene rings is 3. The molecule has 10 heteroatoms. The molecule has 0 spiro atoms. The third kappa shape index (κ3) is 5.32. The molecule has 1 aliphatic heterocycles. The van der Waals surface area contributed by atoms with Crippen LogP contribution < -0.4 is 4.74 Å². The van der Waals surface area contributed by atoms with Crippen molar-refractivity contribution in [2.24, 2.45) is 0 Å². The van der Waals surface area contributed by atoms with Gasteiger partial charge in [-0.1, -0.05) is 17.7 Å². The lowest BCUT2D eigenvalue weighted by Gasteiger charge is -2.34. The van der Waals surface area contributed by atoms with E-state index in [-0.39, 0.29) is 37.8 Å². The van der Waals surface area contributed by atoms with Gasteiger partial charge in [-0.2, -0.15) is 4.31 Å². The van der Waals surface area contributed by atoms with Crippen molar-refractivity contribution in [2.75, 3.05) is 33.3 Å². The Balaban J connectivity index is 1.46. The molecule has 0 aliphatic carbocycles. The maximum absolute atomic E-state index is 15.0. The zero-order valence-electron chi connectivity index (χ0n) is 24.2. The standard InChI is InChI=1S/C32H33F2N3O4S/c1-20-16-21(2)31(22(3)17-20)42(39,40)36-14-12-35(13-15-36)32(38)27-19-30(24-6-9-26(41-5)10-7-24)37(23(27)4)29-11-8-25(33)18-28(29)34/h6-11,16-19H,12-15H2,1-5H3. The first kappa shape index (κ1) is 29.5. The number of carbonyl (C=O) groups excluding carboxylic acids is 1. The van der Waals surface area contributed by atoms with Crippen LogP contribution in [0.25, 0.3) is 16.9 Å². The van der Waals surface area contributed by atoms with Gasteiger partial charge in [0.2, 0.25) is 10.0 Å². The normalized spacial score (nSPS) is 14.3. The third-order valence-corrected chi connectivity index (χ3v) is 9.95. The molecule has 1 saturated heterocycles. The Hall–Kier alpha value is -4.02. The van der Waals surface area contributed by atoms with Crippen LogP contribution >= 0.6 is 0 Å². The smallest absolute Gasteiger partial charge is 0.255 e. The summed E-state index contributed by atoms with van der Waals surface area (Å²) in [5, 5.41) is 0. The third-order valence-electron chi connectivity index (χ3n) is 7.74. The molecule has 0 saturated carbocycles. The molecule has 0 N–H and O–H groups in total. The summed E-state index contributed by atoms with van der Waals surface area (Å²) in [4.78, 5) is 15.8. The molecule has 4 aromatic rings. The fourth-order valence-electron chi connectivity index (χ4n) is 5.78. The van der Waals surface area contributed by atoms with Crippen molar-refractivity contribution in [2.45, 2.75) is 32.6 Å². The first-order valence-electron chi connectivity index (χ1n) is 13.6. The number of methoxy groups -OCH3 is 1. The molecular weight excluding hydrogens is 560 g/mol. The second-order valence-electron chi connectivity index (χ2n) is 10.6. The first-order valence-corrected chi connectivity index (χ1v) is 15.1. The van der Waals surface area contributed by atoms with Crippen molar-refractivity contribution < 1.29 is 26.7 Å². The highest BCUT2D eigenvalue weighted by Gasteiger charge is 2.33. The number of aromatic nitrogens is 1. The molecule has 0 bridgehead atoms. The van der Waals surface area contributed by atoms with E-state index in [4.69, 9.17) is 4.74 Å². The number of aryl methyl sites for hydroxylation is 3. The number of rotatable bonds is 6. The predicted molar refractivity (Wildman–Crippen MR) is 158 cm³/mol. The monoisotopic (exact) mass is 593 g/mol. The van der Waals surface area contributed by atoms with Crippen molar-refractivity contribution in [3.05, 3.63) is 100 Å². The fourth-order valence-corrected chi connectivity index (χ4v) is 7.61. The summed E-state index contributed by atoms with van der Waals surface area (Å²) in [6, 6.07) is 15.9. The fraction of sp³-hybridized carbons (Fsp3) is 0.281. The van der Waals surface area contributed by atoms with E-state index in [1.165, 1.54) is 16.4 Å². The minimum absolute atomic E-state index is 0.110. The van der Waals surface area contributed by atoms with E-state index in [0.717, 1.165) is 11.6 Å². The van der Waals surface area contributed by atoms with Crippen LogP contribution in [-0.2, 0) is 10.0 Å². The van der Waals surface area contributed by atoms with Crippen molar-refractivity contribution in [1.82, 2.24) is 13.8 Å². The van der Waals surface area contributed by atoms with Crippen LogP contribution in [0.5, 0.6) is 5.75 Å². The molecule has 0 unspecified atom stereocenters. The number of carbonyl (C=O) groups is 1. The second-order valence-corrected chi connectivity index (χ2v) is 12.5. The Morgan fingerprint density at radius 2 is 1.45 bits per heavy atom. The molecule has 2 heterocycles. The maximum Gasteiger partial charge on any atom is 0.255 e. The Labute approximate surface area is 245 Å². The summed E-state index contributed by atoms with van der Waals surface area (Å²) in [7, 11) is -2.19. The summed E-state index contributed by atoms with van der Waals surface area (Å²) in [5.41, 5.74) is 4.60. The van der Waals surface area contributed by atoms with Crippen LogP contribution in [0.15, 0.2) is 65.6 Å². The van der Waals surface area contributed by atoms with Crippen LogP contribution in [0.1, 0.15) is 32.7 Å². The molecule has 1 amide bonds. The number of ether oxygens (including phenoxy) is 1. The van der Waals surface area contributed by atoms with E-state index >= 15 is 4.39 Å². The van der Waals surface area contributed by atoms with Gasteiger partial charge in [0.15, 0.2) is 0 Å². The lowest BCUT2D eigenvalue weighted by atomic mass is 10.1. The second kappa shape index (κ2) is 11.3. The van der Waals surface area contributed by atoms with Gasteiger partial charge in [0.1, 0.15) is 17.4 Å². The van der Waals surface area contributed by atoms with Crippen molar-refractivity contribution in [3.8, 4) is 22.7 Å². The Bertz CT molecular complexity index is 1750. The number of piperazine rings is 1. The van der Waals surface area contributed by atoms with E-state index in [0.29, 0.717) is 44.3 Å². The molecule has 1 aliphatic rings. The van der Waals surface area contributed by atoms with Gasteiger partial charge < -0.3 is 14.2 Å². The van der Waals surface area contributed by atoms with Crippen LogP contribution in [-0.4, -0.2) is 61.4 Å². The lowest BCUT2D eigenvalue weighted by Crippen LogP contribution is -2.50. The number of hydrogen-bond acceptors (Lipinski definition) is 4. The molecule has 220 valence electrons. The summed E-state index contributed by atoms with van der Waals surface area (Å²) in [6.07, 6.45) is 0. The summed E-state index contributed by atoms with van der Waals surface area (Å²) >= 11 is 0. The molecule has 5 rings (SSSR count). The summed E-state index contributed by atoms with van der Waals surface area (Å²) < 4.78 is 64.2. The highest BCUT2D eigenvalue weighted by molar-refractivity contribution is 7.89. The molecule has 0 atom stereocenters. The van der Waals surface area contributed by atoms with Crippen LogP contribution in [0.3, 0.4) is 0 Å². The van der Waals surface area contributed by atoms with Crippen molar-refractivity contribution >= 4 is 15.9 Å². The van der Waals surface area contributed by atoms with Gasteiger partial charge in [0.25, 0.3) is 5.91 Å². The van der Waals surface area contributed by atoms with Gasteiger partial charge in [-0.25, -0.2) is 17.2 Å². The van der Waals surface area contributed by atoms with Crippen LogP contribution in [0.2, 0.25) is 0 Å². The van der Waals surface area contributed by atoms with Crippen molar-refractivity contribution in [1.29, 1.82) is 0 Å². The van der Waals surface area contributed by atoms with E-state index in [1.54, 1.807) is 67.7 Å². The lowest BCUT2D eigenvalue weighted by molar-refractivity contribution is 0.0697. The molecule has 1 fully saturated rings. The van der Waals surface area contributed by atoms with E-state index in [9.17, 15) is 17.6 Å². The number of halogens is 2. The van der Waals surface area contributed by atoms with Crippen LogP contribution in [0.4, 0.5) is 8.78 Å². The van der Waals surface area contributed by atoms with Crippen molar-refractivity contribution in [3.63, 3.8) is 0 Å². The van der Waals surface area contributed by atoms with Gasteiger partial charge in [0, 0.05) is 37.9 Å². The van der Waals surface area contributed by atoms with Gasteiger partial charge in [0.05, 0.1) is 29.0 Å². The number of nitrogens with zero attached hydrogens (tertiary/aromatic N) is 3. The van der Waals surface area contributed by atoms with E-state index in [2.05, 4.69) is 0 Å². The summed E-state index contributed by atoms with van der Waals surface area (Å²) in [5.74, 6) is -1.11. The predicted octanol–water partition coefficient (Wildman–Crippen LogP) is 5.81. The largest absolute Gasteiger partial charge is 0.497 e. The number of hydrogen-bond donors (Lipinski definition) is 0. The van der Waals surface area contributed by atoms with Crippen LogP contribution in [0, 0.1) is 39.3 Å². The molecular formula is C32H33F2N3O4S. The molecule has 42 heavy (non-hydrogen) atoms. The highest BCUT2D eigenvalue weighted by Crippen LogP contribution is 2.33. The van der Waals surface area contributed by atoms with E-state index in [1.807, 2.05) is 19.1 Å². The maximum atomic E-state index is 15.0. The zero-order valence-corrected chi connectivity index (χ0v) is 25.1. The average Bonchev–Trinajstić information content (AvgIpc) is 3.28. The molecule has 3 aromatic carbocycles. The highest BCUT2D eigenvalue weighted by atomic mass is 32.2. The Kier molecular flexibility index (Phi) is 7.96. The minimum atomic E-state index is -3.74. The molecule has 7 nitrogen and oxygen atoms in total. The van der Waals surface area contributed by atoms with E-state index < -0.39 is 21.7 Å². The minimum Gasteiger partial charge on any atom is -0.497 e. The molecule has 0 radical (unpaired) electrons. The number of amides is 1. The molecule has 1 aromatic heterocycles. The quantitative estimate of drug-likeness (QED) is 0.283. The van der Waals surface area contributed by atoms with Gasteiger partial charge >= 0.3 is 0 Å². The average molecular weight is 594 g/mol. The Morgan fingerprint density at radius 3 is 2.02 bits per heavy atom. The topological polar surface area (TPSA) is 71.8 Å². The number of sulfonamides is 1. The van der Waals surface area contributed by atoms with Gasteiger partial charge in [-0.05, 0) is 86.8 Å². The van der Waals surface area contributed by atoms with Gasteiger partial charge in [-0.3, -0.25) is 4.79 Å².